The number of nitrogens with two attached hydrogens (primary N) is 1. The van der Waals surface area contributed by atoms with E-state index in [1.807, 2.05) is 19.9 Å². The number of ether oxygens (including phenoxy) is 1. The van der Waals surface area contributed by atoms with E-state index in [0.29, 0.717) is 11.5 Å². The second-order valence-electron chi connectivity index (χ2n) is 7.24. The molecule has 1 aromatic heterocycles. The van der Waals surface area contributed by atoms with Gasteiger partial charge in [-0.3, -0.25) is 5.10 Å². The number of carbonyl (C=O) groups is 1. The zero-order valence-electron chi connectivity index (χ0n) is 15.8. The Balaban J connectivity index is 1.56. The second-order valence-corrected chi connectivity index (χ2v) is 8.80. The highest BCUT2D eigenvalue weighted by Crippen LogP contribution is 2.36. The van der Waals surface area contributed by atoms with Gasteiger partial charge in [-0.15, -0.1) is 0 Å². The fourth-order valence-electron chi connectivity index (χ4n) is 3.24. The third-order valence-corrected chi connectivity index (χ3v) is 5.49. The van der Waals surface area contributed by atoms with E-state index in [1.165, 1.54) is 12.1 Å². The number of benzene rings is 1. The number of primary sulfonamides is 1. The van der Waals surface area contributed by atoms with Crippen LogP contribution in [0.5, 0.6) is 0 Å². The predicted octanol–water partition coefficient (Wildman–Crippen LogP) is 2.57. The molecular weight excluding hydrogens is 382 g/mol. The SMILES string of the molecule is CC(C)NC(=O)O[C@@H]1CC[C@H](c2cc(Nc3ccc(S(N)(=O)=O)cc3)n[nH]2)C1. The molecule has 3 rings (SSSR count). The third-order valence-electron chi connectivity index (χ3n) is 4.56. The van der Waals surface area contributed by atoms with E-state index in [9.17, 15) is 13.2 Å². The molecule has 28 heavy (non-hydrogen) atoms. The van der Waals surface area contributed by atoms with Crippen molar-refractivity contribution in [2.45, 2.75) is 56.1 Å². The van der Waals surface area contributed by atoms with Crippen LogP contribution in [0.25, 0.3) is 0 Å². The third kappa shape index (κ3) is 5.23. The molecule has 0 aliphatic heterocycles. The number of carbonyl (C=O) groups excluding carboxylic acids is 1. The Morgan fingerprint density at radius 1 is 1.29 bits per heavy atom. The van der Waals surface area contributed by atoms with E-state index in [2.05, 4.69) is 20.8 Å². The van der Waals surface area contributed by atoms with Crippen molar-refractivity contribution in [2.75, 3.05) is 5.32 Å². The number of aromatic nitrogens is 2. The first-order valence-corrected chi connectivity index (χ1v) is 10.7. The van der Waals surface area contributed by atoms with Crippen molar-refractivity contribution in [1.29, 1.82) is 0 Å². The Hall–Kier alpha value is -2.59. The second kappa shape index (κ2) is 8.19. The first kappa shape index (κ1) is 20.2. The molecule has 0 bridgehead atoms. The molecule has 1 aliphatic carbocycles. The van der Waals surface area contributed by atoms with Gasteiger partial charge in [-0.2, -0.15) is 5.10 Å². The number of rotatable bonds is 6. The number of sulfonamides is 1. The van der Waals surface area contributed by atoms with Crippen LogP contribution in [-0.4, -0.2) is 36.9 Å². The van der Waals surface area contributed by atoms with E-state index in [0.717, 1.165) is 25.0 Å². The molecule has 0 saturated heterocycles. The average molecular weight is 407 g/mol. The van der Waals surface area contributed by atoms with Gasteiger partial charge < -0.3 is 15.4 Å². The number of aromatic amines is 1. The van der Waals surface area contributed by atoms with Crippen molar-refractivity contribution in [3.05, 3.63) is 36.0 Å². The summed E-state index contributed by atoms with van der Waals surface area (Å²) in [6.07, 6.45) is 1.98. The number of hydrogen-bond donors (Lipinski definition) is 4. The molecule has 0 spiro atoms. The van der Waals surface area contributed by atoms with Crippen LogP contribution in [0, 0.1) is 0 Å². The molecule has 1 fully saturated rings. The molecule has 1 heterocycles. The van der Waals surface area contributed by atoms with Gasteiger partial charge in [-0.05, 0) is 57.4 Å². The van der Waals surface area contributed by atoms with Gasteiger partial charge in [0, 0.05) is 29.4 Å². The van der Waals surface area contributed by atoms with Crippen LogP contribution in [0.2, 0.25) is 0 Å². The number of H-pyrrole nitrogens is 1. The molecule has 1 aromatic carbocycles. The van der Waals surface area contributed by atoms with Crippen molar-refractivity contribution in [3.8, 4) is 0 Å². The van der Waals surface area contributed by atoms with Gasteiger partial charge in [-0.1, -0.05) is 0 Å². The fourth-order valence-corrected chi connectivity index (χ4v) is 3.75. The van der Waals surface area contributed by atoms with Crippen molar-refractivity contribution in [3.63, 3.8) is 0 Å². The zero-order valence-corrected chi connectivity index (χ0v) is 16.6. The van der Waals surface area contributed by atoms with Crippen LogP contribution in [0.4, 0.5) is 16.3 Å². The Morgan fingerprint density at radius 2 is 2.00 bits per heavy atom. The lowest BCUT2D eigenvalue weighted by Gasteiger charge is -2.14. The topological polar surface area (TPSA) is 139 Å². The molecule has 1 saturated carbocycles. The molecule has 5 N–H and O–H groups in total. The maximum Gasteiger partial charge on any atom is 0.407 e. The Labute approximate surface area is 164 Å². The van der Waals surface area contributed by atoms with Crippen LogP contribution in [0.15, 0.2) is 35.2 Å². The minimum absolute atomic E-state index is 0.0463. The van der Waals surface area contributed by atoms with E-state index in [-0.39, 0.29) is 29.1 Å². The van der Waals surface area contributed by atoms with Gasteiger partial charge in [0.2, 0.25) is 10.0 Å². The lowest BCUT2D eigenvalue weighted by molar-refractivity contribution is 0.0981. The largest absolute Gasteiger partial charge is 0.446 e. The minimum Gasteiger partial charge on any atom is -0.446 e. The van der Waals surface area contributed by atoms with Gasteiger partial charge in [0.1, 0.15) is 6.10 Å². The summed E-state index contributed by atoms with van der Waals surface area (Å²) < 4.78 is 28.1. The van der Waals surface area contributed by atoms with Crippen LogP contribution >= 0.6 is 0 Å². The summed E-state index contributed by atoms with van der Waals surface area (Å²) in [5.41, 5.74) is 1.67. The molecule has 0 radical (unpaired) electrons. The molecule has 152 valence electrons. The van der Waals surface area contributed by atoms with Gasteiger partial charge in [0.15, 0.2) is 5.82 Å². The molecule has 0 unspecified atom stereocenters. The normalized spacial score (nSPS) is 19.6. The molecule has 1 aliphatic rings. The molecule has 2 atom stereocenters. The van der Waals surface area contributed by atoms with E-state index in [1.54, 1.807) is 12.1 Å². The fraction of sp³-hybridized carbons (Fsp3) is 0.444. The zero-order chi connectivity index (χ0) is 20.3. The summed E-state index contributed by atoms with van der Waals surface area (Å²) in [6.45, 7) is 3.78. The standard InChI is InChI=1S/C18H25N5O4S/c1-11(2)20-18(24)27-14-6-3-12(9-14)16-10-17(23-22-16)21-13-4-7-15(8-5-13)28(19,25)26/h4-5,7-8,10-12,14H,3,6,9H2,1-2H3,(H,20,24)(H2,19,25,26)(H2,21,22,23)/t12-,14+/m0/s1. The summed E-state index contributed by atoms with van der Waals surface area (Å²) in [6, 6.07) is 8.08. The lowest BCUT2D eigenvalue weighted by Crippen LogP contribution is -2.33. The maximum absolute atomic E-state index is 11.7. The Morgan fingerprint density at radius 3 is 2.64 bits per heavy atom. The smallest absolute Gasteiger partial charge is 0.407 e. The Bertz CT molecular complexity index is 924. The van der Waals surface area contributed by atoms with E-state index >= 15 is 0 Å². The summed E-state index contributed by atoms with van der Waals surface area (Å²) in [5.74, 6) is 0.866. The molecular formula is C18H25N5O4S. The van der Waals surface area contributed by atoms with Crippen LogP contribution in [-0.2, 0) is 14.8 Å². The van der Waals surface area contributed by atoms with Crippen molar-refractivity contribution in [1.82, 2.24) is 15.5 Å². The van der Waals surface area contributed by atoms with Gasteiger partial charge in [0.05, 0.1) is 4.90 Å². The molecule has 9 nitrogen and oxygen atoms in total. The first-order valence-electron chi connectivity index (χ1n) is 9.13. The summed E-state index contributed by atoms with van der Waals surface area (Å²) in [7, 11) is -3.71. The quantitative estimate of drug-likeness (QED) is 0.580. The predicted molar refractivity (Wildman–Crippen MR) is 105 cm³/mol. The van der Waals surface area contributed by atoms with Gasteiger partial charge in [0.25, 0.3) is 0 Å². The monoisotopic (exact) mass is 407 g/mol. The highest BCUT2D eigenvalue weighted by atomic mass is 32.2. The summed E-state index contributed by atoms with van der Waals surface area (Å²) in [5, 5.41) is 18.2. The summed E-state index contributed by atoms with van der Waals surface area (Å²) >= 11 is 0. The number of alkyl carbamates (subject to hydrolysis) is 1. The summed E-state index contributed by atoms with van der Waals surface area (Å²) in [4.78, 5) is 11.8. The van der Waals surface area contributed by atoms with Gasteiger partial charge in [-0.25, -0.2) is 18.4 Å². The number of nitrogens with one attached hydrogen (secondary N) is 3. The minimum atomic E-state index is -3.71. The number of amides is 1. The van der Waals surface area contributed by atoms with Gasteiger partial charge >= 0.3 is 6.09 Å². The molecule has 1 amide bonds. The number of hydrogen-bond acceptors (Lipinski definition) is 6. The Kier molecular flexibility index (Phi) is 5.90. The van der Waals surface area contributed by atoms with Crippen molar-refractivity contribution >= 4 is 27.6 Å². The van der Waals surface area contributed by atoms with Crippen molar-refractivity contribution < 1.29 is 17.9 Å². The van der Waals surface area contributed by atoms with E-state index in [4.69, 9.17) is 9.88 Å². The average Bonchev–Trinajstić information content (AvgIpc) is 3.23. The molecule has 2 aromatic rings. The molecule has 10 heteroatoms. The van der Waals surface area contributed by atoms with Crippen molar-refractivity contribution in [2.24, 2.45) is 5.14 Å². The number of nitrogens with zero attached hydrogens (tertiary/aromatic N) is 1. The van der Waals surface area contributed by atoms with E-state index < -0.39 is 10.0 Å². The maximum atomic E-state index is 11.7. The highest BCUT2D eigenvalue weighted by molar-refractivity contribution is 7.89. The first-order chi connectivity index (χ1) is 13.2. The van der Waals surface area contributed by atoms with Crippen LogP contribution in [0.1, 0.15) is 44.7 Å². The van der Waals surface area contributed by atoms with Crippen LogP contribution in [0.3, 0.4) is 0 Å². The number of anilines is 2. The highest BCUT2D eigenvalue weighted by Gasteiger charge is 2.30. The van der Waals surface area contributed by atoms with Crippen LogP contribution < -0.4 is 15.8 Å². The lowest BCUT2D eigenvalue weighted by atomic mass is 10.0.